The van der Waals surface area contributed by atoms with Gasteiger partial charge in [-0.2, -0.15) is 0 Å². The SMILES string of the molecule is O=C(CN1CCCC1)NCCc1c[nH]c2ccccc12. The van der Waals surface area contributed by atoms with Gasteiger partial charge in [0.2, 0.25) is 5.91 Å². The van der Waals surface area contributed by atoms with Crippen LogP contribution in [0.25, 0.3) is 10.9 Å². The van der Waals surface area contributed by atoms with Gasteiger partial charge in [-0.3, -0.25) is 9.69 Å². The van der Waals surface area contributed by atoms with Gasteiger partial charge in [-0.25, -0.2) is 0 Å². The summed E-state index contributed by atoms with van der Waals surface area (Å²) in [7, 11) is 0. The molecule has 1 saturated heterocycles. The van der Waals surface area contributed by atoms with Crippen LogP contribution in [0.2, 0.25) is 0 Å². The van der Waals surface area contributed by atoms with Crippen molar-refractivity contribution in [3.63, 3.8) is 0 Å². The van der Waals surface area contributed by atoms with E-state index in [-0.39, 0.29) is 5.91 Å². The van der Waals surface area contributed by atoms with Crippen molar-refractivity contribution >= 4 is 16.8 Å². The molecule has 4 heteroatoms. The van der Waals surface area contributed by atoms with E-state index in [1.165, 1.54) is 23.8 Å². The molecule has 0 bridgehead atoms. The Morgan fingerprint density at radius 2 is 2.05 bits per heavy atom. The Morgan fingerprint density at radius 3 is 2.90 bits per heavy atom. The summed E-state index contributed by atoms with van der Waals surface area (Å²) in [6.07, 6.45) is 5.36. The third-order valence-corrected chi connectivity index (χ3v) is 3.96. The lowest BCUT2D eigenvalue weighted by Gasteiger charge is -2.13. The second-order valence-electron chi connectivity index (χ2n) is 5.44. The molecule has 0 radical (unpaired) electrons. The van der Waals surface area contributed by atoms with Gasteiger partial charge in [-0.1, -0.05) is 18.2 Å². The zero-order chi connectivity index (χ0) is 13.8. The summed E-state index contributed by atoms with van der Waals surface area (Å²) in [4.78, 5) is 17.3. The molecule has 20 heavy (non-hydrogen) atoms. The maximum Gasteiger partial charge on any atom is 0.234 e. The maximum absolute atomic E-state index is 11.8. The first-order valence-electron chi connectivity index (χ1n) is 7.37. The Kier molecular flexibility index (Phi) is 4.02. The monoisotopic (exact) mass is 271 g/mol. The van der Waals surface area contributed by atoms with Crippen molar-refractivity contribution in [1.29, 1.82) is 0 Å². The number of hydrogen-bond donors (Lipinski definition) is 2. The molecule has 1 fully saturated rings. The molecule has 2 N–H and O–H groups in total. The van der Waals surface area contributed by atoms with Crippen molar-refractivity contribution in [2.45, 2.75) is 19.3 Å². The standard InChI is InChI=1S/C16H21N3O/c20-16(12-19-9-3-4-10-19)17-8-7-13-11-18-15-6-2-1-5-14(13)15/h1-2,5-6,11,18H,3-4,7-10,12H2,(H,17,20). The molecule has 0 saturated carbocycles. The highest BCUT2D eigenvalue weighted by molar-refractivity contribution is 5.83. The number of carbonyl (C=O) groups excluding carboxylic acids is 1. The summed E-state index contributed by atoms with van der Waals surface area (Å²) in [5, 5.41) is 4.27. The number of aromatic amines is 1. The van der Waals surface area contributed by atoms with Gasteiger partial charge in [0.25, 0.3) is 0 Å². The third-order valence-electron chi connectivity index (χ3n) is 3.96. The molecule has 0 unspecified atom stereocenters. The highest BCUT2D eigenvalue weighted by Crippen LogP contribution is 2.17. The fraction of sp³-hybridized carbons (Fsp3) is 0.438. The first kappa shape index (κ1) is 13.2. The van der Waals surface area contributed by atoms with Gasteiger partial charge in [-0.05, 0) is 44.0 Å². The number of likely N-dealkylation sites (tertiary alicyclic amines) is 1. The Balaban J connectivity index is 1.48. The molecule has 1 amide bonds. The summed E-state index contributed by atoms with van der Waals surface area (Å²) < 4.78 is 0. The van der Waals surface area contributed by atoms with Crippen LogP contribution in [0.15, 0.2) is 30.5 Å². The van der Waals surface area contributed by atoms with Crippen LogP contribution in [0.3, 0.4) is 0 Å². The van der Waals surface area contributed by atoms with E-state index in [0.717, 1.165) is 25.0 Å². The van der Waals surface area contributed by atoms with Crippen molar-refractivity contribution in [3.8, 4) is 0 Å². The van der Waals surface area contributed by atoms with Gasteiger partial charge in [0.15, 0.2) is 0 Å². The fourth-order valence-electron chi connectivity index (χ4n) is 2.87. The van der Waals surface area contributed by atoms with E-state index in [0.29, 0.717) is 13.1 Å². The first-order valence-corrected chi connectivity index (χ1v) is 7.37. The molecule has 106 valence electrons. The van der Waals surface area contributed by atoms with Gasteiger partial charge >= 0.3 is 0 Å². The number of benzene rings is 1. The number of rotatable bonds is 5. The Bertz CT molecular complexity index is 584. The minimum atomic E-state index is 0.145. The molecule has 1 aromatic carbocycles. The quantitative estimate of drug-likeness (QED) is 0.873. The average molecular weight is 271 g/mol. The van der Waals surface area contributed by atoms with Crippen molar-refractivity contribution in [2.75, 3.05) is 26.2 Å². The summed E-state index contributed by atoms with van der Waals surface area (Å²) >= 11 is 0. The van der Waals surface area contributed by atoms with Crippen molar-refractivity contribution < 1.29 is 4.79 Å². The summed E-state index contributed by atoms with van der Waals surface area (Å²) in [6.45, 7) is 3.38. The number of nitrogens with one attached hydrogen (secondary N) is 2. The smallest absolute Gasteiger partial charge is 0.234 e. The number of H-pyrrole nitrogens is 1. The number of carbonyl (C=O) groups is 1. The van der Waals surface area contributed by atoms with Crippen LogP contribution in [-0.4, -0.2) is 42.0 Å². The highest BCUT2D eigenvalue weighted by Gasteiger charge is 2.14. The van der Waals surface area contributed by atoms with Crippen LogP contribution in [0.5, 0.6) is 0 Å². The normalized spacial score (nSPS) is 15.8. The molecule has 0 atom stereocenters. The lowest BCUT2D eigenvalue weighted by molar-refractivity contribution is -0.121. The van der Waals surface area contributed by atoms with Gasteiger partial charge in [0, 0.05) is 23.6 Å². The minimum Gasteiger partial charge on any atom is -0.361 e. The van der Waals surface area contributed by atoms with E-state index in [4.69, 9.17) is 0 Å². The van der Waals surface area contributed by atoms with E-state index in [9.17, 15) is 4.79 Å². The predicted octanol–water partition coefficient (Wildman–Crippen LogP) is 1.92. The number of hydrogen-bond acceptors (Lipinski definition) is 2. The molecule has 1 aromatic heterocycles. The van der Waals surface area contributed by atoms with E-state index < -0.39 is 0 Å². The van der Waals surface area contributed by atoms with Crippen LogP contribution in [0.1, 0.15) is 18.4 Å². The molecule has 2 aromatic rings. The zero-order valence-corrected chi connectivity index (χ0v) is 11.7. The van der Waals surface area contributed by atoms with Gasteiger partial charge in [0.05, 0.1) is 6.54 Å². The fourth-order valence-corrected chi connectivity index (χ4v) is 2.87. The predicted molar refractivity (Wildman–Crippen MR) is 80.7 cm³/mol. The number of nitrogens with zero attached hydrogens (tertiary/aromatic N) is 1. The van der Waals surface area contributed by atoms with Crippen LogP contribution in [0.4, 0.5) is 0 Å². The molecule has 2 heterocycles. The van der Waals surface area contributed by atoms with Crippen LogP contribution >= 0.6 is 0 Å². The van der Waals surface area contributed by atoms with E-state index in [2.05, 4.69) is 27.3 Å². The highest BCUT2D eigenvalue weighted by atomic mass is 16.2. The van der Waals surface area contributed by atoms with Crippen LogP contribution in [-0.2, 0) is 11.2 Å². The van der Waals surface area contributed by atoms with Gasteiger partial charge in [-0.15, -0.1) is 0 Å². The van der Waals surface area contributed by atoms with Crippen molar-refractivity contribution in [3.05, 3.63) is 36.0 Å². The molecule has 0 aliphatic carbocycles. The minimum absolute atomic E-state index is 0.145. The molecular formula is C16H21N3O. The number of aromatic nitrogens is 1. The number of para-hydroxylation sites is 1. The van der Waals surface area contributed by atoms with E-state index in [1.807, 2.05) is 18.3 Å². The van der Waals surface area contributed by atoms with Gasteiger partial charge < -0.3 is 10.3 Å². The maximum atomic E-state index is 11.8. The number of fused-ring (bicyclic) bond motifs is 1. The largest absolute Gasteiger partial charge is 0.361 e. The lowest BCUT2D eigenvalue weighted by atomic mass is 10.1. The number of amides is 1. The third kappa shape index (κ3) is 3.02. The Labute approximate surface area is 119 Å². The molecule has 3 rings (SSSR count). The molecule has 1 aliphatic rings. The van der Waals surface area contributed by atoms with Gasteiger partial charge in [0.1, 0.15) is 0 Å². The molecular weight excluding hydrogens is 250 g/mol. The summed E-state index contributed by atoms with van der Waals surface area (Å²) in [6, 6.07) is 8.27. The molecule has 1 aliphatic heterocycles. The van der Waals surface area contributed by atoms with Crippen molar-refractivity contribution in [1.82, 2.24) is 15.2 Å². The van der Waals surface area contributed by atoms with Crippen molar-refractivity contribution in [2.24, 2.45) is 0 Å². The second kappa shape index (κ2) is 6.09. The van der Waals surface area contributed by atoms with E-state index in [1.54, 1.807) is 0 Å². The average Bonchev–Trinajstić information content (AvgIpc) is 3.09. The molecule has 0 spiro atoms. The Morgan fingerprint density at radius 1 is 1.25 bits per heavy atom. The summed E-state index contributed by atoms with van der Waals surface area (Å²) in [5.74, 6) is 0.145. The second-order valence-corrected chi connectivity index (χ2v) is 5.44. The van der Waals surface area contributed by atoms with Crippen LogP contribution in [0, 0.1) is 0 Å². The lowest BCUT2D eigenvalue weighted by Crippen LogP contribution is -2.36. The summed E-state index contributed by atoms with van der Waals surface area (Å²) in [5.41, 5.74) is 2.42. The molecule has 4 nitrogen and oxygen atoms in total. The van der Waals surface area contributed by atoms with Crippen LogP contribution < -0.4 is 5.32 Å². The zero-order valence-electron chi connectivity index (χ0n) is 11.7. The topological polar surface area (TPSA) is 48.1 Å². The van der Waals surface area contributed by atoms with E-state index >= 15 is 0 Å². The Hall–Kier alpha value is -1.81. The first-order chi connectivity index (χ1) is 9.83.